The Balaban J connectivity index is 1.92. The van der Waals surface area contributed by atoms with Crippen LogP contribution in [0.4, 0.5) is 0 Å². The molecule has 0 saturated carbocycles. The van der Waals surface area contributed by atoms with Crippen LogP contribution < -0.4 is 14.8 Å². The Morgan fingerprint density at radius 3 is 2.50 bits per heavy atom. The molecule has 0 saturated heterocycles. The maximum atomic E-state index is 12.4. The number of benzene rings is 2. The standard InChI is InChI=1S/C25H28N2O3/c1-4-6-7-19-8-12-21(13-9-19)22(18-26)27-25(28)15-11-20-10-14-23(30-16-5-2)24(17-20)29-3/h2,8-10,12-14,17,22H,4,6-7,11,15-16H2,1,3H3,(H,27,28). The maximum absolute atomic E-state index is 12.4. The Labute approximate surface area is 179 Å². The Kier molecular flexibility index (Phi) is 9.28. The lowest BCUT2D eigenvalue weighted by Crippen LogP contribution is -2.27. The van der Waals surface area contributed by atoms with E-state index in [9.17, 15) is 10.1 Å². The highest BCUT2D eigenvalue weighted by molar-refractivity contribution is 5.77. The summed E-state index contributed by atoms with van der Waals surface area (Å²) < 4.78 is 10.8. The van der Waals surface area contributed by atoms with Gasteiger partial charge in [0.25, 0.3) is 0 Å². The smallest absolute Gasteiger partial charge is 0.221 e. The highest BCUT2D eigenvalue weighted by Crippen LogP contribution is 2.28. The van der Waals surface area contributed by atoms with Crippen molar-refractivity contribution < 1.29 is 14.3 Å². The van der Waals surface area contributed by atoms with Crippen LogP contribution in [-0.4, -0.2) is 19.6 Å². The number of hydrogen-bond donors (Lipinski definition) is 1. The molecule has 0 spiro atoms. The molecule has 0 fully saturated rings. The van der Waals surface area contributed by atoms with Crippen LogP contribution in [0.25, 0.3) is 0 Å². The summed E-state index contributed by atoms with van der Waals surface area (Å²) >= 11 is 0. The van der Waals surface area contributed by atoms with Crippen LogP contribution in [0, 0.1) is 23.7 Å². The number of carbonyl (C=O) groups excluding carboxylic acids is 1. The first-order valence-corrected chi connectivity index (χ1v) is 10.1. The molecule has 5 nitrogen and oxygen atoms in total. The molecular formula is C25H28N2O3. The average Bonchev–Trinajstić information content (AvgIpc) is 2.79. The van der Waals surface area contributed by atoms with E-state index in [-0.39, 0.29) is 18.9 Å². The zero-order valence-electron chi connectivity index (χ0n) is 17.6. The van der Waals surface area contributed by atoms with Crippen LogP contribution in [0.15, 0.2) is 42.5 Å². The fourth-order valence-electron chi connectivity index (χ4n) is 3.04. The van der Waals surface area contributed by atoms with Crippen molar-refractivity contribution in [2.45, 2.75) is 45.1 Å². The van der Waals surface area contributed by atoms with Gasteiger partial charge in [-0.1, -0.05) is 49.6 Å². The highest BCUT2D eigenvalue weighted by Gasteiger charge is 2.14. The van der Waals surface area contributed by atoms with Crippen molar-refractivity contribution in [1.82, 2.24) is 5.32 Å². The number of unbranched alkanes of at least 4 members (excludes halogenated alkanes) is 1. The Hall–Kier alpha value is -3.44. The molecular weight excluding hydrogens is 376 g/mol. The molecule has 2 rings (SSSR count). The van der Waals surface area contributed by atoms with E-state index in [2.05, 4.69) is 24.2 Å². The van der Waals surface area contributed by atoms with Crippen molar-refractivity contribution in [3.8, 4) is 29.9 Å². The first-order chi connectivity index (χ1) is 14.6. The molecule has 5 heteroatoms. The number of terminal acetylenes is 1. The van der Waals surface area contributed by atoms with Crippen LogP contribution in [0.5, 0.6) is 11.5 Å². The van der Waals surface area contributed by atoms with Crippen molar-refractivity contribution in [1.29, 1.82) is 5.26 Å². The summed E-state index contributed by atoms with van der Waals surface area (Å²) in [5.41, 5.74) is 2.97. The first kappa shape index (κ1) is 22.8. The lowest BCUT2D eigenvalue weighted by atomic mass is 10.0. The third-order valence-electron chi connectivity index (χ3n) is 4.75. The largest absolute Gasteiger partial charge is 0.493 e. The minimum Gasteiger partial charge on any atom is -0.493 e. The van der Waals surface area contributed by atoms with Crippen molar-refractivity contribution in [3.05, 3.63) is 59.2 Å². The van der Waals surface area contributed by atoms with Gasteiger partial charge in [0.05, 0.1) is 13.2 Å². The molecule has 30 heavy (non-hydrogen) atoms. The summed E-state index contributed by atoms with van der Waals surface area (Å²) in [5, 5.41) is 12.3. The normalized spacial score (nSPS) is 11.1. The second kappa shape index (κ2) is 12.2. The highest BCUT2D eigenvalue weighted by atomic mass is 16.5. The van der Waals surface area contributed by atoms with Crippen LogP contribution >= 0.6 is 0 Å². The molecule has 1 unspecified atom stereocenters. The predicted octanol–water partition coefficient (Wildman–Crippen LogP) is 4.36. The Morgan fingerprint density at radius 2 is 1.87 bits per heavy atom. The van der Waals surface area contributed by atoms with Gasteiger partial charge in [-0.15, -0.1) is 6.42 Å². The van der Waals surface area contributed by atoms with Crippen LogP contribution in [0.2, 0.25) is 0 Å². The van der Waals surface area contributed by atoms with Gasteiger partial charge in [-0.3, -0.25) is 4.79 Å². The number of carbonyl (C=O) groups is 1. The number of aryl methyl sites for hydroxylation is 2. The summed E-state index contributed by atoms with van der Waals surface area (Å²) in [5.74, 6) is 3.37. The number of methoxy groups -OCH3 is 1. The van der Waals surface area contributed by atoms with E-state index in [0.29, 0.717) is 17.9 Å². The molecule has 0 aliphatic rings. The first-order valence-electron chi connectivity index (χ1n) is 10.1. The molecule has 0 aliphatic carbocycles. The van der Waals surface area contributed by atoms with Crippen molar-refractivity contribution in [3.63, 3.8) is 0 Å². The lowest BCUT2D eigenvalue weighted by Gasteiger charge is -2.13. The summed E-state index contributed by atoms with van der Waals surface area (Å²) in [4.78, 5) is 12.4. The van der Waals surface area contributed by atoms with Gasteiger partial charge in [-0.25, -0.2) is 0 Å². The number of ether oxygens (including phenoxy) is 2. The Morgan fingerprint density at radius 1 is 1.13 bits per heavy atom. The van der Waals surface area contributed by atoms with E-state index in [1.807, 2.05) is 36.4 Å². The number of nitriles is 1. The number of amides is 1. The minimum absolute atomic E-state index is 0.160. The van der Waals surface area contributed by atoms with Gasteiger partial charge < -0.3 is 14.8 Å². The third-order valence-corrected chi connectivity index (χ3v) is 4.75. The van der Waals surface area contributed by atoms with E-state index < -0.39 is 6.04 Å². The number of nitrogens with zero attached hydrogens (tertiary/aromatic N) is 1. The van der Waals surface area contributed by atoms with Gasteiger partial charge in [0.1, 0.15) is 12.6 Å². The SMILES string of the molecule is C#CCOc1ccc(CCC(=O)NC(C#N)c2ccc(CCCC)cc2)cc1OC. The van der Waals surface area contributed by atoms with Gasteiger partial charge in [0.2, 0.25) is 5.91 Å². The zero-order chi connectivity index (χ0) is 21.8. The molecule has 0 radical (unpaired) electrons. The monoisotopic (exact) mass is 404 g/mol. The number of nitrogens with one attached hydrogen (secondary N) is 1. The molecule has 1 atom stereocenters. The summed E-state index contributed by atoms with van der Waals surface area (Å²) in [6.07, 6.45) is 9.31. The molecule has 1 N–H and O–H groups in total. The summed E-state index contributed by atoms with van der Waals surface area (Å²) in [6.45, 7) is 2.32. The quantitative estimate of drug-likeness (QED) is 0.565. The number of hydrogen-bond acceptors (Lipinski definition) is 4. The molecule has 0 heterocycles. The van der Waals surface area contributed by atoms with Gasteiger partial charge in [0.15, 0.2) is 11.5 Å². The summed E-state index contributed by atoms with van der Waals surface area (Å²) in [7, 11) is 1.56. The fraction of sp³-hybridized carbons (Fsp3) is 0.360. The number of rotatable bonds is 11. The van der Waals surface area contributed by atoms with Gasteiger partial charge in [-0.2, -0.15) is 5.26 Å². The Bertz CT molecular complexity index is 907. The maximum Gasteiger partial charge on any atom is 0.221 e. The van der Waals surface area contributed by atoms with E-state index in [1.54, 1.807) is 13.2 Å². The zero-order valence-corrected chi connectivity index (χ0v) is 17.6. The van der Waals surface area contributed by atoms with E-state index in [4.69, 9.17) is 15.9 Å². The molecule has 156 valence electrons. The minimum atomic E-state index is -0.660. The fourth-order valence-corrected chi connectivity index (χ4v) is 3.04. The van der Waals surface area contributed by atoms with Crippen LogP contribution in [0.1, 0.15) is 48.9 Å². The molecule has 0 aliphatic heterocycles. The molecule has 2 aromatic rings. The van der Waals surface area contributed by atoms with Gasteiger partial charge in [-0.05, 0) is 48.1 Å². The van der Waals surface area contributed by atoms with Gasteiger partial charge >= 0.3 is 0 Å². The third kappa shape index (κ3) is 6.87. The van der Waals surface area contributed by atoms with E-state index in [1.165, 1.54) is 5.56 Å². The molecule has 0 aromatic heterocycles. The van der Waals surface area contributed by atoms with Crippen molar-refractivity contribution in [2.24, 2.45) is 0 Å². The van der Waals surface area contributed by atoms with E-state index >= 15 is 0 Å². The van der Waals surface area contributed by atoms with Crippen molar-refractivity contribution in [2.75, 3.05) is 13.7 Å². The lowest BCUT2D eigenvalue weighted by molar-refractivity contribution is -0.121. The van der Waals surface area contributed by atoms with Crippen LogP contribution in [-0.2, 0) is 17.6 Å². The second-order valence-corrected chi connectivity index (χ2v) is 6.95. The second-order valence-electron chi connectivity index (χ2n) is 6.95. The average molecular weight is 405 g/mol. The van der Waals surface area contributed by atoms with E-state index in [0.717, 1.165) is 30.4 Å². The topological polar surface area (TPSA) is 71.3 Å². The summed E-state index contributed by atoms with van der Waals surface area (Å²) in [6, 6.07) is 14.9. The van der Waals surface area contributed by atoms with Gasteiger partial charge in [0, 0.05) is 6.42 Å². The predicted molar refractivity (Wildman–Crippen MR) is 117 cm³/mol. The van der Waals surface area contributed by atoms with Crippen LogP contribution in [0.3, 0.4) is 0 Å². The molecule has 0 bridgehead atoms. The molecule has 1 amide bonds. The van der Waals surface area contributed by atoms with Crippen molar-refractivity contribution >= 4 is 5.91 Å². The molecule has 2 aromatic carbocycles.